The summed E-state index contributed by atoms with van der Waals surface area (Å²) < 4.78 is 52.9. The van der Waals surface area contributed by atoms with Crippen molar-refractivity contribution in [2.24, 2.45) is 0 Å². The minimum atomic E-state index is -2.86. The van der Waals surface area contributed by atoms with Crippen LogP contribution in [0.5, 0.6) is 0 Å². The summed E-state index contributed by atoms with van der Waals surface area (Å²) in [5.41, 5.74) is 5.02. The standard InChI is InChI=1S/C14H9F4N5OS/c15-7-2-1-3-8(16)9(7)13-22-10(11(19)25-13)12(24)21-6-4-20-23(5-6)14(17)18/h1-5,14H,19H2,(H,21,24). The first-order valence-corrected chi connectivity index (χ1v) is 7.53. The molecule has 1 aromatic carbocycles. The quantitative estimate of drug-likeness (QED) is 0.687. The molecule has 0 fully saturated rings. The molecule has 0 aliphatic carbocycles. The fraction of sp³-hybridized carbons (Fsp3) is 0.0714. The molecule has 0 atom stereocenters. The van der Waals surface area contributed by atoms with Gasteiger partial charge in [-0.25, -0.2) is 18.4 Å². The van der Waals surface area contributed by atoms with Gasteiger partial charge in [0.15, 0.2) is 5.69 Å². The molecule has 0 aliphatic rings. The zero-order valence-corrected chi connectivity index (χ0v) is 13.0. The van der Waals surface area contributed by atoms with Crippen LogP contribution >= 0.6 is 11.3 Å². The summed E-state index contributed by atoms with van der Waals surface area (Å²) in [6, 6.07) is 3.29. The van der Waals surface area contributed by atoms with Crippen LogP contribution in [0.3, 0.4) is 0 Å². The number of nitrogens with two attached hydrogens (primary N) is 1. The van der Waals surface area contributed by atoms with Crippen LogP contribution in [-0.4, -0.2) is 20.7 Å². The van der Waals surface area contributed by atoms with Crippen LogP contribution in [0.2, 0.25) is 0 Å². The molecule has 0 bridgehead atoms. The predicted molar refractivity (Wildman–Crippen MR) is 83.3 cm³/mol. The highest BCUT2D eigenvalue weighted by Gasteiger charge is 2.22. The number of anilines is 2. The molecule has 2 heterocycles. The number of nitrogens with zero attached hydrogens (tertiary/aromatic N) is 3. The number of rotatable bonds is 4. The van der Waals surface area contributed by atoms with Gasteiger partial charge < -0.3 is 11.1 Å². The summed E-state index contributed by atoms with van der Waals surface area (Å²) >= 11 is 0.730. The van der Waals surface area contributed by atoms with E-state index in [0.29, 0.717) is 4.68 Å². The topological polar surface area (TPSA) is 85.8 Å². The van der Waals surface area contributed by atoms with Gasteiger partial charge in [-0.05, 0) is 12.1 Å². The van der Waals surface area contributed by atoms with Crippen LogP contribution in [0.4, 0.5) is 28.3 Å². The number of amides is 1. The Labute approximate surface area is 141 Å². The van der Waals surface area contributed by atoms with Gasteiger partial charge in [0.25, 0.3) is 5.91 Å². The van der Waals surface area contributed by atoms with Crippen LogP contribution < -0.4 is 11.1 Å². The van der Waals surface area contributed by atoms with Gasteiger partial charge in [0, 0.05) is 0 Å². The van der Waals surface area contributed by atoms with Gasteiger partial charge in [-0.3, -0.25) is 4.79 Å². The summed E-state index contributed by atoms with van der Waals surface area (Å²) in [4.78, 5) is 16.0. The van der Waals surface area contributed by atoms with Crippen molar-refractivity contribution in [3.05, 3.63) is 47.9 Å². The van der Waals surface area contributed by atoms with E-state index >= 15 is 0 Å². The van der Waals surface area contributed by atoms with Gasteiger partial charge in [0.2, 0.25) is 0 Å². The Morgan fingerprint density at radius 2 is 1.96 bits per heavy atom. The molecule has 1 amide bonds. The molecule has 0 radical (unpaired) electrons. The third kappa shape index (κ3) is 3.31. The summed E-state index contributed by atoms with van der Waals surface area (Å²) in [5.74, 6) is -2.51. The Balaban J connectivity index is 1.88. The number of nitrogens with one attached hydrogen (secondary N) is 1. The first-order valence-electron chi connectivity index (χ1n) is 6.71. The average Bonchev–Trinajstić information content (AvgIpc) is 3.14. The van der Waals surface area contributed by atoms with Crippen molar-refractivity contribution in [3.63, 3.8) is 0 Å². The molecule has 130 valence electrons. The van der Waals surface area contributed by atoms with Crippen LogP contribution in [-0.2, 0) is 0 Å². The first kappa shape index (κ1) is 16.9. The SMILES string of the molecule is Nc1sc(-c2c(F)cccc2F)nc1C(=O)Nc1cnn(C(F)F)c1. The van der Waals surface area contributed by atoms with Gasteiger partial charge in [-0.2, -0.15) is 13.9 Å². The summed E-state index contributed by atoms with van der Waals surface area (Å²) in [6.07, 6.45) is 1.94. The molecular weight excluding hydrogens is 362 g/mol. The number of nitrogen functional groups attached to an aromatic ring is 1. The highest BCUT2D eigenvalue weighted by molar-refractivity contribution is 7.19. The minimum Gasteiger partial charge on any atom is -0.389 e. The van der Waals surface area contributed by atoms with E-state index in [9.17, 15) is 22.4 Å². The smallest absolute Gasteiger partial charge is 0.333 e. The Morgan fingerprint density at radius 1 is 1.28 bits per heavy atom. The molecule has 25 heavy (non-hydrogen) atoms. The fourth-order valence-corrected chi connectivity index (χ4v) is 2.88. The molecule has 3 aromatic rings. The highest BCUT2D eigenvalue weighted by atomic mass is 32.1. The van der Waals surface area contributed by atoms with E-state index in [4.69, 9.17) is 5.73 Å². The predicted octanol–water partition coefficient (Wildman–Crippen LogP) is 3.51. The lowest BCUT2D eigenvalue weighted by Crippen LogP contribution is -2.13. The van der Waals surface area contributed by atoms with Crippen molar-refractivity contribution in [2.45, 2.75) is 6.55 Å². The second-order valence-corrected chi connectivity index (χ2v) is 5.80. The maximum atomic E-state index is 13.8. The van der Waals surface area contributed by atoms with Crippen molar-refractivity contribution in [3.8, 4) is 10.6 Å². The molecule has 0 unspecified atom stereocenters. The largest absolute Gasteiger partial charge is 0.389 e. The fourth-order valence-electron chi connectivity index (χ4n) is 2.00. The average molecular weight is 371 g/mol. The Bertz CT molecular complexity index is 919. The van der Waals surface area contributed by atoms with E-state index in [-0.39, 0.29) is 21.4 Å². The highest BCUT2D eigenvalue weighted by Crippen LogP contribution is 2.33. The molecule has 3 rings (SSSR count). The zero-order valence-electron chi connectivity index (χ0n) is 12.2. The monoisotopic (exact) mass is 371 g/mol. The summed E-state index contributed by atoms with van der Waals surface area (Å²) in [5, 5.41) is 5.47. The molecular formula is C14H9F4N5OS. The second-order valence-electron chi connectivity index (χ2n) is 4.77. The van der Waals surface area contributed by atoms with Gasteiger partial charge in [0.05, 0.1) is 23.6 Å². The third-order valence-corrected chi connectivity index (χ3v) is 4.01. The molecule has 0 saturated heterocycles. The van der Waals surface area contributed by atoms with E-state index < -0.39 is 29.7 Å². The normalized spacial score (nSPS) is 11.1. The van der Waals surface area contributed by atoms with Crippen LogP contribution in [0.25, 0.3) is 10.6 Å². The van der Waals surface area contributed by atoms with Crippen LogP contribution in [0, 0.1) is 11.6 Å². The van der Waals surface area contributed by atoms with Gasteiger partial charge in [-0.1, -0.05) is 17.4 Å². The van der Waals surface area contributed by atoms with Crippen molar-refractivity contribution in [2.75, 3.05) is 11.1 Å². The number of carbonyl (C=O) groups excluding carboxylic acids is 1. The first-order chi connectivity index (χ1) is 11.9. The van der Waals surface area contributed by atoms with Crippen LogP contribution in [0.15, 0.2) is 30.6 Å². The van der Waals surface area contributed by atoms with Crippen molar-refractivity contribution in [1.82, 2.24) is 14.8 Å². The minimum absolute atomic E-state index is 0.00341. The number of hydrogen-bond donors (Lipinski definition) is 2. The molecule has 11 heteroatoms. The third-order valence-electron chi connectivity index (χ3n) is 3.10. The van der Waals surface area contributed by atoms with Crippen molar-refractivity contribution in [1.29, 1.82) is 0 Å². The Morgan fingerprint density at radius 3 is 2.56 bits per heavy atom. The zero-order chi connectivity index (χ0) is 18.1. The number of alkyl halides is 2. The number of halogens is 4. The van der Waals surface area contributed by atoms with E-state index in [1.165, 1.54) is 6.07 Å². The molecule has 3 N–H and O–H groups in total. The van der Waals surface area contributed by atoms with Crippen molar-refractivity contribution >= 4 is 27.9 Å². The lowest BCUT2D eigenvalue weighted by Gasteiger charge is -2.01. The Hall–Kier alpha value is -2.95. The van der Waals surface area contributed by atoms with E-state index in [2.05, 4.69) is 15.4 Å². The maximum absolute atomic E-state index is 13.8. The number of carbonyl (C=O) groups is 1. The second kappa shape index (κ2) is 6.51. The maximum Gasteiger partial charge on any atom is 0.333 e. The number of thiazole rings is 1. The van der Waals surface area contributed by atoms with E-state index in [0.717, 1.165) is 35.9 Å². The lowest BCUT2D eigenvalue weighted by molar-refractivity contribution is 0.0566. The van der Waals surface area contributed by atoms with Crippen LogP contribution in [0.1, 0.15) is 17.0 Å². The summed E-state index contributed by atoms with van der Waals surface area (Å²) in [6.45, 7) is -2.86. The lowest BCUT2D eigenvalue weighted by atomic mass is 10.2. The molecule has 2 aromatic heterocycles. The van der Waals surface area contributed by atoms with Crippen molar-refractivity contribution < 1.29 is 22.4 Å². The number of aromatic nitrogens is 3. The summed E-state index contributed by atoms with van der Waals surface area (Å²) in [7, 11) is 0. The van der Waals surface area contributed by atoms with Gasteiger partial charge >= 0.3 is 6.55 Å². The van der Waals surface area contributed by atoms with E-state index in [1.54, 1.807) is 0 Å². The Kier molecular flexibility index (Phi) is 4.40. The van der Waals surface area contributed by atoms with E-state index in [1.807, 2.05) is 0 Å². The molecule has 0 spiro atoms. The molecule has 0 aliphatic heterocycles. The number of hydrogen-bond acceptors (Lipinski definition) is 5. The van der Waals surface area contributed by atoms with Gasteiger partial charge in [-0.15, -0.1) is 0 Å². The molecule has 0 saturated carbocycles. The molecule has 6 nitrogen and oxygen atoms in total. The van der Waals surface area contributed by atoms with Gasteiger partial charge in [0.1, 0.15) is 21.6 Å². The number of benzene rings is 1.